The van der Waals surface area contributed by atoms with E-state index in [4.69, 9.17) is 0 Å². The van der Waals surface area contributed by atoms with Gasteiger partial charge < -0.3 is 10.6 Å². The second kappa shape index (κ2) is 9.22. The fraction of sp³-hybridized carbons (Fsp3) is 0.632. The fourth-order valence-corrected chi connectivity index (χ4v) is 3.38. The zero-order chi connectivity index (χ0) is 19.1. The van der Waals surface area contributed by atoms with Crippen molar-refractivity contribution in [3.8, 4) is 0 Å². The van der Waals surface area contributed by atoms with Crippen molar-refractivity contribution in [3.63, 3.8) is 0 Å². The predicted octanol–water partition coefficient (Wildman–Crippen LogP) is 2.80. The first-order chi connectivity index (χ1) is 11.5. The molecular weight excluding hydrogens is 334 g/mol. The summed E-state index contributed by atoms with van der Waals surface area (Å²) in [5.74, 6) is 1.29. The zero-order valence-electron chi connectivity index (χ0n) is 16.3. The summed E-state index contributed by atoms with van der Waals surface area (Å²) in [5, 5.41) is 6.76. The topological polar surface area (TPSA) is 70.6 Å². The number of nitrogens with zero attached hydrogens (tertiary/aromatic N) is 1. The van der Waals surface area contributed by atoms with Crippen LogP contribution in [-0.2, 0) is 9.84 Å². The largest absolute Gasteiger partial charge is 0.356 e. The van der Waals surface area contributed by atoms with Gasteiger partial charge in [-0.3, -0.25) is 4.99 Å². The molecule has 142 valence electrons. The van der Waals surface area contributed by atoms with E-state index in [1.807, 2.05) is 6.07 Å². The molecule has 1 rings (SSSR count). The van der Waals surface area contributed by atoms with Gasteiger partial charge in [0.2, 0.25) is 0 Å². The third kappa shape index (κ3) is 8.38. The molecule has 0 radical (unpaired) electrons. The minimum absolute atomic E-state index is 0.130. The molecule has 0 aliphatic carbocycles. The average Bonchev–Trinajstić information content (AvgIpc) is 2.56. The highest BCUT2D eigenvalue weighted by Gasteiger charge is 2.21. The number of nitrogens with one attached hydrogen (secondary N) is 2. The molecule has 0 aromatic heterocycles. The molecule has 5 nitrogen and oxygen atoms in total. The van der Waals surface area contributed by atoms with Gasteiger partial charge in [-0.1, -0.05) is 51.1 Å². The van der Waals surface area contributed by atoms with Crippen LogP contribution in [0.15, 0.2) is 35.3 Å². The molecule has 0 heterocycles. The Labute approximate surface area is 153 Å². The van der Waals surface area contributed by atoms with E-state index in [0.717, 1.165) is 5.96 Å². The molecule has 1 aromatic carbocycles. The highest BCUT2D eigenvalue weighted by Crippen LogP contribution is 2.20. The number of rotatable bonds is 8. The van der Waals surface area contributed by atoms with Crippen molar-refractivity contribution in [1.82, 2.24) is 10.6 Å². The smallest absolute Gasteiger partial charge is 0.191 e. The quantitative estimate of drug-likeness (QED) is 0.547. The standard InChI is InChI=1S/C19H33N3O2S/c1-15(17-10-8-7-9-11-17)16(2)22-18(20-5)21-14-19(3,4)12-13-25(6,23)24/h7-11,15-16H,12-14H2,1-6H3,(H2,20,21,22). The lowest BCUT2D eigenvalue weighted by molar-refractivity contribution is 0.347. The molecule has 0 amide bonds. The van der Waals surface area contributed by atoms with Crippen LogP contribution in [0.25, 0.3) is 0 Å². The molecule has 0 aliphatic rings. The molecule has 6 heteroatoms. The Morgan fingerprint density at radius 1 is 1.20 bits per heavy atom. The Morgan fingerprint density at radius 3 is 2.32 bits per heavy atom. The Balaban J connectivity index is 2.56. The van der Waals surface area contributed by atoms with Crippen molar-refractivity contribution in [1.29, 1.82) is 0 Å². The first-order valence-corrected chi connectivity index (χ1v) is 10.8. The molecule has 2 unspecified atom stereocenters. The van der Waals surface area contributed by atoms with Gasteiger partial charge in [-0.2, -0.15) is 0 Å². The Kier molecular flexibility index (Phi) is 7.93. The normalized spacial score (nSPS) is 15.5. The molecule has 2 atom stereocenters. The first-order valence-electron chi connectivity index (χ1n) is 8.74. The number of aliphatic imine (C=N–C) groups is 1. The van der Waals surface area contributed by atoms with Gasteiger partial charge in [-0.15, -0.1) is 0 Å². The van der Waals surface area contributed by atoms with Gasteiger partial charge >= 0.3 is 0 Å². The van der Waals surface area contributed by atoms with E-state index < -0.39 is 9.84 Å². The van der Waals surface area contributed by atoms with E-state index in [1.165, 1.54) is 11.8 Å². The molecule has 0 spiro atoms. The monoisotopic (exact) mass is 367 g/mol. The maximum atomic E-state index is 11.4. The minimum atomic E-state index is -2.94. The van der Waals surface area contributed by atoms with Gasteiger partial charge in [0.15, 0.2) is 5.96 Å². The third-order valence-electron chi connectivity index (χ3n) is 4.55. The Hall–Kier alpha value is -1.56. The maximum absolute atomic E-state index is 11.4. The van der Waals surface area contributed by atoms with Crippen LogP contribution in [0.2, 0.25) is 0 Å². The van der Waals surface area contributed by atoms with Crippen molar-refractivity contribution >= 4 is 15.8 Å². The van der Waals surface area contributed by atoms with Crippen LogP contribution in [0.5, 0.6) is 0 Å². The van der Waals surface area contributed by atoms with Crippen LogP contribution in [0.1, 0.15) is 45.6 Å². The van der Waals surface area contributed by atoms with Crippen LogP contribution in [0, 0.1) is 5.41 Å². The number of hydrogen-bond donors (Lipinski definition) is 2. The molecule has 25 heavy (non-hydrogen) atoms. The van der Waals surface area contributed by atoms with Crippen molar-refractivity contribution in [2.75, 3.05) is 25.6 Å². The third-order valence-corrected chi connectivity index (χ3v) is 5.49. The first kappa shape index (κ1) is 21.5. The predicted molar refractivity (Wildman–Crippen MR) is 107 cm³/mol. The Bertz CT molecular complexity index is 655. The zero-order valence-corrected chi connectivity index (χ0v) is 17.2. The van der Waals surface area contributed by atoms with Crippen molar-refractivity contribution in [2.24, 2.45) is 10.4 Å². The van der Waals surface area contributed by atoms with Crippen LogP contribution < -0.4 is 10.6 Å². The summed E-state index contributed by atoms with van der Waals surface area (Å²) in [6.07, 6.45) is 1.90. The van der Waals surface area contributed by atoms with Gasteiger partial charge in [0, 0.05) is 31.8 Å². The average molecular weight is 368 g/mol. The summed E-state index contributed by atoms with van der Waals surface area (Å²) < 4.78 is 22.7. The highest BCUT2D eigenvalue weighted by molar-refractivity contribution is 7.90. The number of sulfone groups is 1. The van der Waals surface area contributed by atoms with E-state index in [-0.39, 0.29) is 17.2 Å². The summed E-state index contributed by atoms with van der Waals surface area (Å²) in [7, 11) is -1.19. The van der Waals surface area contributed by atoms with Gasteiger partial charge in [-0.05, 0) is 24.3 Å². The highest BCUT2D eigenvalue weighted by atomic mass is 32.2. The van der Waals surface area contributed by atoms with E-state index in [2.05, 4.69) is 67.6 Å². The second-order valence-electron chi connectivity index (χ2n) is 7.60. The van der Waals surface area contributed by atoms with E-state index in [0.29, 0.717) is 18.9 Å². The lowest BCUT2D eigenvalue weighted by Gasteiger charge is -2.28. The number of guanidine groups is 1. The van der Waals surface area contributed by atoms with Crippen LogP contribution in [-0.4, -0.2) is 46.0 Å². The molecule has 0 aliphatic heterocycles. The van der Waals surface area contributed by atoms with Crippen LogP contribution in [0.4, 0.5) is 0 Å². The molecule has 0 bridgehead atoms. The van der Waals surface area contributed by atoms with E-state index >= 15 is 0 Å². The van der Waals surface area contributed by atoms with Gasteiger partial charge in [0.05, 0.1) is 5.75 Å². The van der Waals surface area contributed by atoms with E-state index in [1.54, 1.807) is 7.05 Å². The molecule has 0 saturated carbocycles. The summed E-state index contributed by atoms with van der Waals surface area (Å²) in [6.45, 7) is 9.12. The molecule has 2 N–H and O–H groups in total. The summed E-state index contributed by atoms with van der Waals surface area (Å²) in [6, 6.07) is 10.6. The minimum Gasteiger partial charge on any atom is -0.356 e. The summed E-state index contributed by atoms with van der Waals surface area (Å²) in [4.78, 5) is 4.29. The SMILES string of the molecule is CN=C(NCC(C)(C)CCS(C)(=O)=O)NC(C)C(C)c1ccccc1. The second-order valence-corrected chi connectivity index (χ2v) is 9.86. The van der Waals surface area contributed by atoms with Gasteiger partial charge in [-0.25, -0.2) is 8.42 Å². The summed E-state index contributed by atoms with van der Waals surface area (Å²) >= 11 is 0. The van der Waals surface area contributed by atoms with Gasteiger partial charge in [0.25, 0.3) is 0 Å². The van der Waals surface area contributed by atoms with Crippen LogP contribution >= 0.6 is 0 Å². The molecular formula is C19H33N3O2S. The Morgan fingerprint density at radius 2 is 1.80 bits per heavy atom. The lowest BCUT2D eigenvalue weighted by atomic mass is 9.90. The fourth-order valence-electron chi connectivity index (χ4n) is 2.45. The number of benzene rings is 1. The lowest BCUT2D eigenvalue weighted by Crippen LogP contribution is -2.47. The molecule has 0 fully saturated rings. The maximum Gasteiger partial charge on any atom is 0.191 e. The van der Waals surface area contributed by atoms with Crippen molar-refractivity contribution in [3.05, 3.63) is 35.9 Å². The van der Waals surface area contributed by atoms with Gasteiger partial charge in [0.1, 0.15) is 9.84 Å². The van der Waals surface area contributed by atoms with E-state index in [9.17, 15) is 8.42 Å². The van der Waals surface area contributed by atoms with Crippen molar-refractivity contribution in [2.45, 2.75) is 46.1 Å². The number of hydrogen-bond acceptors (Lipinski definition) is 3. The van der Waals surface area contributed by atoms with Crippen LogP contribution in [0.3, 0.4) is 0 Å². The summed E-state index contributed by atoms with van der Waals surface area (Å²) in [5.41, 5.74) is 1.15. The molecule has 0 saturated heterocycles. The molecule has 1 aromatic rings. The van der Waals surface area contributed by atoms with Crippen molar-refractivity contribution < 1.29 is 8.42 Å².